The van der Waals surface area contributed by atoms with Gasteiger partial charge in [0, 0.05) is 18.3 Å². The van der Waals surface area contributed by atoms with Crippen LogP contribution in [0.25, 0.3) is 11.0 Å². The number of nitrogens with one attached hydrogen (secondary N) is 1. The van der Waals surface area contributed by atoms with Crippen LogP contribution in [0.2, 0.25) is 0 Å². The van der Waals surface area contributed by atoms with E-state index in [1.165, 1.54) is 18.3 Å². The molecule has 24 heavy (non-hydrogen) atoms. The van der Waals surface area contributed by atoms with Crippen LogP contribution in [0.4, 0.5) is 10.2 Å². The molecule has 0 spiro atoms. The van der Waals surface area contributed by atoms with Crippen molar-refractivity contribution in [3.05, 3.63) is 53.7 Å². The molecular formula is C17H16FN5O. The number of rotatable bonds is 2. The van der Waals surface area contributed by atoms with Crippen molar-refractivity contribution in [3.8, 4) is 0 Å². The molecule has 122 valence electrons. The van der Waals surface area contributed by atoms with E-state index in [4.69, 9.17) is 5.73 Å². The van der Waals surface area contributed by atoms with Crippen molar-refractivity contribution >= 4 is 22.8 Å². The summed E-state index contributed by atoms with van der Waals surface area (Å²) in [7, 11) is 0. The predicted molar refractivity (Wildman–Crippen MR) is 87.7 cm³/mol. The van der Waals surface area contributed by atoms with E-state index in [0.29, 0.717) is 34.8 Å². The molecule has 0 saturated carbocycles. The maximum absolute atomic E-state index is 13.4. The Kier molecular flexibility index (Phi) is 3.41. The van der Waals surface area contributed by atoms with Crippen molar-refractivity contribution in [1.82, 2.24) is 19.9 Å². The van der Waals surface area contributed by atoms with E-state index in [2.05, 4.69) is 15.0 Å². The fourth-order valence-electron chi connectivity index (χ4n) is 3.20. The van der Waals surface area contributed by atoms with Crippen LogP contribution < -0.4 is 5.73 Å². The molecule has 1 fully saturated rings. The molecule has 3 N–H and O–H groups in total. The van der Waals surface area contributed by atoms with Crippen LogP contribution in [0.1, 0.15) is 35.1 Å². The quantitative estimate of drug-likeness (QED) is 0.758. The van der Waals surface area contributed by atoms with Crippen LogP contribution in [0.15, 0.2) is 36.5 Å². The summed E-state index contributed by atoms with van der Waals surface area (Å²) in [5.41, 5.74) is 7.51. The summed E-state index contributed by atoms with van der Waals surface area (Å²) >= 11 is 0. The Hall–Kier alpha value is -2.96. The second kappa shape index (κ2) is 5.59. The molecule has 0 radical (unpaired) electrons. The molecule has 1 unspecified atom stereocenters. The minimum Gasteiger partial charge on any atom is -0.384 e. The van der Waals surface area contributed by atoms with E-state index >= 15 is 0 Å². The van der Waals surface area contributed by atoms with E-state index in [0.717, 1.165) is 12.8 Å². The Morgan fingerprint density at radius 2 is 2.21 bits per heavy atom. The lowest BCUT2D eigenvalue weighted by atomic mass is 10.2. The van der Waals surface area contributed by atoms with Crippen molar-refractivity contribution in [1.29, 1.82) is 0 Å². The number of amides is 1. The summed E-state index contributed by atoms with van der Waals surface area (Å²) in [6.45, 7) is 0.650. The third-order valence-corrected chi connectivity index (χ3v) is 4.32. The van der Waals surface area contributed by atoms with E-state index in [1.54, 1.807) is 23.1 Å². The number of fused-ring (bicyclic) bond motifs is 1. The summed E-state index contributed by atoms with van der Waals surface area (Å²) in [5, 5.41) is 0. The summed E-state index contributed by atoms with van der Waals surface area (Å²) < 4.78 is 13.4. The second-order valence-corrected chi connectivity index (χ2v) is 5.91. The molecule has 1 aliphatic rings. The number of aromatic nitrogens is 3. The number of hydrogen-bond acceptors (Lipinski definition) is 4. The first-order chi connectivity index (χ1) is 11.6. The Labute approximate surface area is 137 Å². The van der Waals surface area contributed by atoms with Crippen molar-refractivity contribution in [2.45, 2.75) is 18.9 Å². The minimum atomic E-state index is -0.315. The Morgan fingerprint density at radius 3 is 3.04 bits per heavy atom. The number of nitrogens with zero attached hydrogens (tertiary/aromatic N) is 3. The summed E-state index contributed by atoms with van der Waals surface area (Å²) in [4.78, 5) is 26.2. The zero-order valence-corrected chi connectivity index (χ0v) is 12.9. The number of carbonyl (C=O) groups excluding carboxylic acids is 1. The zero-order chi connectivity index (χ0) is 16.7. The number of nitrogen functional groups attached to an aromatic ring is 1. The average molecular weight is 325 g/mol. The van der Waals surface area contributed by atoms with Gasteiger partial charge in [0.05, 0.1) is 17.1 Å². The number of hydrogen-bond donors (Lipinski definition) is 2. The zero-order valence-electron chi connectivity index (χ0n) is 12.9. The number of pyridine rings is 1. The molecule has 1 saturated heterocycles. The molecule has 1 aromatic carbocycles. The molecule has 1 amide bonds. The van der Waals surface area contributed by atoms with Crippen molar-refractivity contribution < 1.29 is 9.18 Å². The Balaban J connectivity index is 1.67. The highest BCUT2D eigenvalue weighted by Gasteiger charge is 2.32. The maximum Gasteiger partial charge on any atom is 0.254 e. The molecular weight excluding hydrogens is 309 g/mol. The molecule has 4 rings (SSSR count). The lowest BCUT2D eigenvalue weighted by Gasteiger charge is -2.23. The van der Waals surface area contributed by atoms with Crippen LogP contribution in [0.5, 0.6) is 0 Å². The van der Waals surface area contributed by atoms with E-state index in [-0.39, 0.29) is 17.8 Å². The first-order valence-electron chi connectivity index (χ1n) is 7.79. The van der Waals surface area contributed by atoms with Gasteiger partial charge in [0.2, 0.25) is 0 Å². The van der Waals surface area contributed by atoms with Gasteiger partial charge >= 0.3 is 0 Å². The molecule has 0 aliphatic carbocycles. The Morgan fingerprint density at radius 1 is 1.33 bits per heavy atom. The van der Waals surface area contributed by atoms with Crippen molar-refractivity contribution in [2.24, 2.45) is 0 Å². The van der Waals surface area contributed by atoms with Gasteiger partial charge in [0.1, 0.15) is 17.5 Å². The van der Waals surface area contributed by atoms with Gasteiger partial charge in [-0.2, -0.15) is 0 Å². The number of benzene rings is 1. The Bertz CT molecular complexity index is 922. The average Bonchev–Trinajstić information content (AvgIpc) is 3.19. The smallest absolute Gasteiger partial charge is 0.254 e. The first kappa shape index (κ1) is 14.6. The largest absolute Gasteiger partial charge is 0.384 e. The summed E-state index contributed by atoms with van der Waals surface area (Å²) in [5.74, 6) is 0.585. The van der Waals surface area contributed by atoms with Gasteiger partial charge in [-0.15, -0.1) is 0 Å². The highest BCUT2D eigenvalue weighted by Crippen LogP contribution is 2.32. The SMILES string of the molecule is Nc1cc(C(=O)N2CCCC2c2nc3ccc(F)cc3[nH]2)ccn1. The van der Waals surface area contributed by atoms with Crippen LogP contribution in [-0.4, -0.2) is 32.3 Å². The topological polar surface area (TPSA) is 87.9 Å². The van der Waals surface area contributed by atoms with Crippen LogP contribution >= 0.6 is 0 Å². The molecule has 0 bridgehead atoms. The second-order valence-electron chi connectivity index (χ2n) is 5.91. The van der Waals surface area contributed by atoms with Gasteiger partial charge in [-0.1, -0.05) is 0 Å². The summed E-state index contributed by atoms with van der Waals surface area (Å²) in [6.07, 6.45) is 3.23. The minimum absolute atomic E-state index is 0.0989. The van der Waals surface area contributed by atoms with E-state index < -0.39 is 0 Å². The molecule has 6 nitrogen and oxygen atoms in total. The number of anilines is 1. The van der Waals surface area contributed by atoms with Gasteiger partial charge in [0.25, 0.3) is 5.91 Å². The van der Waals surface area contributed by atoms with Gasteiger partial charge in [0.15, 0.2) is 0 Å². The van der Waals surface area contributed by atoms with Gasteiger partial charge < -0.3 is 15.6 Å². The number of nitrogens with two attached hydrogens (primary N) is 1. The van der Waals surface area contributed by atoms with Gasteiger partial charge in [-0.25, -0.2) is 14.4 Å². The third kappa shape index (κ3) is 2.47. The lowest BCUT2D eigenvalue weighted by molar-refractivity contribution is 0.0730. The third-order valence-electron chi connectivity index (χ3n) is 4.32. The lowest BCUT2D eigenvalue weighted by Crippen LogP contribution is -2.31. The first-order valence-corrected chi connectivity index (χ1v) is 7.79. The maximum atomic E-state index is 13.4. The molecule has 3 aromatic rings. The monoisotopic (exact) mass is 325 g/mol. The summed E-state index contributed by atoms with van der Waals surface area (Å²) in [6, 6.07) is 7.51. The standard InChI is InChI=1S/C17H16FN5O/c18-11-3-4-12-13(9-11)22-16(21-12)14-2-1-7-23(14)17(24)10-5-6-20-15(19)8-10/h3-6,8-9,14H,1-2,7H2,(H2,19,20)(H,21,22). The number of halogens is 1. The number of likely N-dealkylation sites (tertiary alicyclic amines) is 1. The van der Waals surface area contributed by atoms with Gasteiger partial charge in [-0.3, -0.25) is 4.79 Å². The molecule has 1 aliphatic heterocycles. The number of carbonyl (C=O) groups is 1. The molecule has 3 heterocycles. The highest BCUT2D eigenvalue weighted by molar-refractivity contribution is 5.95. The molecule has 2 aromatic heterocycles. The fourth-order valence-corrected chi connectivity index (χ4v) is 3.20. The predicted octanol–water partition coefficient (Wildman–Crippen LogP) is 2.66. The van der Waals surface area contributed by atoms with Crippen LogP contribution in [0.3, 0.4) is 0 Å². The van der Waals surface area contributed by atoms with Crippen LogP contribution in [-0.2, 0) is 0 Å². The van der Waals surface area contributed by atoms with Gasteiger partial charge in [-0.05, 0) is 43.2 Å². The highest BCUT2D eigenvalue weighted by atomic mass is 19.1. The van der Waals surface area contributed by atoms with Crippen LogP contribution in [0, 0.1) is 5.82 Å². The normalized spacial score (nSPS) is 17.5. The molecule has 7 heteroatoms. The van der Waals surface area contributed by atoms with E-state index in [9.17, 15) is 9.18 Å². The van der Waals surface area contributed by atoms with E-state index in [1.807, 2.05) is 0 Å². The molecule has 1 atom stereocenters. The number of aromatic amines is 1. The fraction of sp³-hybridized carbons (Fsp3) is 0.235. The van der Waals surface area contributed by atoms with Crippen molar-refractivity contribution in [3.63, 3.8) is 0 Å². The van der Waals surface area contributed by atoms with Crippen molar-refractivity contribution in [2.75, 3.05) is 12.3 Å². The number of imidazole rings is 1. The number of H-pyrrole nitrogens is 1.